The third-order valence-electron chi connectivity index (χ3n) is 4.03. The number of carbonyl (C=O) groups is 2. The maximum atomic E-state index is 12.3. The first-order valence-corrected chi connectivity index (χ1v) is 7.85. The predicted octanol–water partition coefficient (Wildman–Crippen LogP) is 1.45. The molecule has 1 heterocycles. The van der Waals surface area contributed by atoms with Gasteiger partial charge in [0.1, 0.15) is 5.75 Å². The van der Waals surface area contributed by atoms with Gasteiger partial charge in [0.05, 0.1) is 20.1 Å². The van der Waals surface area contributed by atoms with E-state index in [9.17, 15) is 9.59 Å². The summed E-state index contributed by atoms with van der Waals surface area (Å²) in [6.45, 7) is 1.79. The smallest absolute Gasteiger partial charge is 0.251 e. The quantitative estimate of drug-likeness (QED) is 0.861. The second-order valence-electron chi connectivity index (χ2n) is 5.60. The molecule has 0 bridgehead atoms. The summed E-state index contributed by atoms with van der Waals surface area (Å²) < 4.78 is 10.1. The summed E-state index contributed by atoms with van der Waals surface area (Å²) in [5.74, 6) is 0.675. The number of benzene rings is 1. The van der Waals surface area contributed by atoms with Crippen LogP contribution in [0.2, 0.25) is 0 Å². The van der Waals surface area contributed by atoms with Gasteiger partial charge in [0.2, 0.25) is 5.91 Å². The lowest BCUT2D eigenvalue weighted by Crippen LogP contribution is -2.46. The molecule has 0 aliphatic carbocycles. The van der Waals surface area contributed by atoms with E-state index in [0.717, 1.165) is 12.8 Å². The van der Waals surface area contributed by atoms with E-state index in [-0.39, 0.29) is 17.9 Å². The van der Waals surface area contributed by atoms with Crippen LogP contribution < -0.4 is 10.1 Å². The fourth-order valence-electron chi connectivity index (χ4n) is 2.65. The fraction of sp³-hybridized carbons (Fsp3) is 0.529. The minimum atomic E-state index is -0.104. The molecule has 6 heteroatoms. The Morgan fingerprint density at radius 1 is 1.26 bits per heavy atom. The first kappa shape index (κ1) is 17.3. The SMILES string of the molecule is COCCC(=O)N1CCC(NC(=O)c2cccc(OC)c2)CC1. The van der Waals surface area contributed by atoms with Crippen LogP contribution in [0.4, 0.5) is 0 Å². The van der Waals surface area contributed by atoms with E-state index >= 15 is 0 Å². The van der Waals surface area contributed by atoms with E-state index in [1.807, 2.05) is 4.90 Å². The van der Waals surface area contributed by atoms with Crippen LogP contribution in [-0.4, -0.2) is 56.7 Å². The predicted molar refractivity (Wildman–Crippen MR) is 86.6 cm³/mol. The number of nitrogens with one attached hydrogen (secondary N) is 1. The monoisotopic (exact) mass is 320 g/mol. The summed E-state index contributed by atoms with van der Waals surface area (Å²) in [6, 6.07) is 7.19. The molecule has 1 aliphatic rings. The van der Waals surface area contributed by atoms with Crippen LogP contribution in [0, 0.1) is 0 Å². The van der Waals surface area contributed by atoms with E-state index in [1.165, 1.54) is 0 Å². The Kier molecular flexibility index (Phi) is 6.40. The Hall–Kier alpha value is -2.08. The molecule has 0 spiro atoms. The number of carbonyl (C=O) groups excluding carboxylic acids is 2. The minimum Gasteiger partial charge on any atom is -0.497 e. The molecule has 0 radical (unpaired) electrons. The molecule has 1 aromatic rings. The third kappa shape index (κ3) is 4.96. The Morgan fingerprint density at radius 3 is 2.65 bits per heavy atom. The molecule has 0 saturated carbocycles. The molecule has 126 valence electrons. The van der Waals surface area contributed by atoms with Gasteiger partial charge in [-0.15, -0.1) is 0 Å². The van der Waals surface area contributed by atoms with Crippen molar-refractivity contribution in [2.75, 3.05) is 33.9 Å². The van der Waals surface area contributed by atoms with Crippen molar-refractivity contribution in [3.05, 3.63) is 29.8 Å². The maximum Gasteiger partial charge on any atom is 0.251 e. The van der Waals surface area contributed by atoms with Crippen molar-refractivity contribution in [3.63, 3.8) is 0 Å². The molecule has 1 saturated heterocycles. The summed E-state index contributed by atoms with van der Waals surface area (Å²) in [7, 11) is 3.17. The van der Waals surface area contributed by atoms with Gasteiger partial charge in [0.15, 0.2) is 0 Å². The lowest BCUT2D eigenvalue weighted by molar-refractivity contribution is -0.133. The van der Waals surface area contributed by atoms with E-state index < -0.39 is 0 Å². The first-order valence-electron chi connectivity index (χ1n) is 7.85. The molecule has 23 heavy (non-hydrogen) atoms. The zero-order valence-electron chi connectivity index (χ0n) is 13.7. The van der Waals surface area contributed by atoms with Crippen LogP contribution in [0.3, 0.4) is 0 Å². The normalized spacial score (nSPS) is 15.3. The molecule has 2 amide bonds. The molecular formula is C17H24N2O4. The fourth-order valence-corrected chi connectivity index (χ4v) is 2.65. The van der Waals surface area contributed by atoms with E-state index in [4.69, 9.17) is 9.47 Å². The van der Waals surface area contributed by atoms with Gasteiger partial charge in [-0.2, -0.15) is 0 Å². The number of piperidine rings is 1. The van der Waals surface area contributed by atoms with Crippen molar-refractivity contribution in [2.45, 2.75) is 25.3 Å². The first-order chi connectivity index (χ1) is 11.1. The number of nitrogens with zero attached hydrogens (tertiary/aromatic N) is 1. The van der Waals surface area contributed by atoms with Crippen molar-refractivity contribution in [2.24, 2.45) is 0 Å². The van der Waals surface area contributed by atoms with E-state index in [2.05, 4.69) is 5.32 Å². The molecule has 0 unspecified atom stereocenters. The second-order valence-corrected chi connectivity index (χ2v) is 5.60. The number of likely N-dealkylation sites (tertiary alicyclic amines) is 1. The van der Waals surface area contributed by atoms with Crippen LogP contribution in [-0.2, 0) is 9.53 Å². The highest BCUT2D eigenvalue weighted by molar-refractivity contribution is 5.94. The average molecular weight is 320 g/mol. The molecule has 0 atom stereocenters. The lowest BCUT2D eigenvalue weighted by atomic mass is 10.0. The number of amides is 2. The van der Waals surface area contributed by atoms with Gasteiger partial charge in [-0.3, -0.25) is 9.59 Å². The van der Waals surface area contributed by atoms with Crippen LogP contribution in [0.25, 0.3) is 0 Å². The number of hydrogen-bond donors (Lipinski definition) is 1. The maximum absolute atomic E-state index is 12.3. The largest absolute Gasteiger partial charge is 0.497 e. The topological polar surface area (TPSA) is 67.9 Å². The minimum absolute atomic E-state index is 0.0974. The summed E-state index contributed by atoms with van der Waals surface area (Å²) in [5.41, 5.74) is 0.586. The molecule has 2 rings (SSSR count). The van der Waals surface area contributed by atoms with Gasteiger partial charge in [-0.05, 0) is 31.0 Å². The molecule has 6 nitrogen and oxygen atoms in total. The Bertz CT molecular complexity index is 539. The number of hydrogen-bond acceptors (Lipinski definition) is 4. The number of rotatable bonds is 6. The van der Waals surface area contributed by atoms with Crippen molar-refractivity contribution < 1.29 is 19.1 Å². The molecular weight excluding hydrogens is 296 g/mol. The molecule has 0 aromatic heterocycles. The van der Waals surface area contributed by atoms with Gasteiger partial charge in [0.25, 0.3) is 5.91 Å². The average Bonchev–Trinajstić information content (AvgIpc) is 2.60. The van der Waals surface area contributed by atoms with Crippen molar-refractivity contribution >= 4 is 11.8 Å². The summed E-state index contributed by atoms with van der Waals surface area (Å²) in [5, 5.41) is 3.03. The van der Waals surface area contributed by atoms with E-state index in [1.54, 1.807) is 38.5 Å². The molecule has 1 N–H and O–H groups in total. The Labute approximate surface area is 136 Å². The second kappa shape index (κ2) is 8.53. The van der Waals surface area contributed by atoms with Gasteiger partial charge in [-0.25, -0.2) is 0 Å². The summed E-state index contributed by atoms with van der Waals surface area (Å²) in [4.78, 5) is 26.0. The standard InChI is InChI=1S/C17H24N2O4/c1-22-11-8-16(20)19-9-6-14(7-10-19)18-17(21)13-4-3-5-15(12-13)23-2/h3-5,12,14H,6-11H2,1-2H3,(H,18,21). The van der Waals surface area contributed by atoms with Gasteiger partial charge in [-0.1, -0.05) is 6.07 Å². The Balaban J connectivity index is 1.81. The number of methoxy groups -OCH3 is 2. The third-order valence-corrected chi connectivity index (χ3v) is 4.03. The van der Waals surface area contributed by atoms with Gasteiger partial charge < -0.3 is 19.7 Å². The van der Waals surface area contributed by atoms with Gasteiger partial charge in [0, 0.05) is 31.8 Å². The van der Waals surface area contributed by atoms with Crippen LogP contribution in [0.5, 0.6) is 5.75 Å². The zero-order valence-corrected chi connectivity index (χ0v) is 13.7. The molecule has 1 aliphatic heterocycles. The molecule has 1 aromatic carbocycles. The van der Waals surface area contributed by atoms with Crippen molar-refractivity contribution in [1.82, 2.24) is 10.2 Å². The zero-order chi connectivity index (χ0) is 16.7. The highest BCUT2D eigenvalue weighted by Crippen LogP contribution is 2.15. The lowest BCUT2D eigenvalue weighted by Gasteiger charge is -2.32. The highest BCUT2D eigenvalue weighted by atomic mass is 16.5. The Morgan fingerprint density at radius 2 is 2.00 bits per heavy atom. The van der Waals surface area contributed by atoms with Crippen LogP contribution in [0.1, 0.15) is 29.6 Å². The van der Waals surface area contributed by atoms with Crippen LogP contribution >= 0.6 is 0 Å². The van der Waals surface area contributed by atoms with Crippen LogP contribution in [0.15, 0.2) is 24.3 Å². The summed E-state index contributed by atoms with van der Waals surface area (Å²) in [6.07, 6.45) is 1.96. The van der Waals surface area contributed by atoms with Crippen molar-refractivity contribution in [3.8, 4) is 5.75 Å². The van der Waals surface area contributed by atoms with Gasteiger partial charge >= 0.3 is 0 Å². The molecule has 1 fully saturated rings. The number of ether oxygens (including phenoxy) is 2. The van der Waals surface area contributed by atoms with Crippen molar-refractivity contribution in [1.29, 1.82) is 0 Å². The summed E-state index contributed by atoms with van der Waals surface area (Å²) >= 11 is 0. The van der Waals surface area contributed by atoms with E-state index in [0.29, 0.717) is 37.4 Å². The highest BCUT2D eigenvalue weighted by Gasteiger charge is 2.23.